The SMILES string of the molecule is CCC1N=C(CC2CCOC2)NC1=O. The lowest BCUT2D eigenvalue weighted by Gasteiger charge is -2.05. The molecule has 1 amide bonds. The van der Waals surface area contributed by atoms with Crippen LogP contribution < -0.4 is 5.32 Å². The van der Waals surface area contributed by atoms with E-state index < -0.39 is 0 Å². The minimum atomic E-state index is -0.146. The number of amides is 1. The van der Waals surface area contributed by atoms with Crippen LogP contribution >= 0.6 is 0 Å². The molecular formula is C10H16N2O2. The first-order valence-electron chi connectivity index (χ1n) is 5.25. The molecule has 2 unspecified atom stereocenters. The normalized spacial score (nSPS) is 31.8. The van der Waals surface area contributed by atoms with E-state index in [1.807, 2.05) is 6.92 Å². The van der Waals surface area contributed by atoms with Gasteiger partial charge in [0.2, 0.25) is 5.91 Å². The zero-order valence-electron chi connectivity index (χ0n) is 8.45. The predicted molar refractivity (Wildman–Crippen MR) is 53.2 cm³/mol. The van der Waals surface area contributed by atoms with Gasteiger partial charge in [-0.1, -0.05) is 6.92 Å². The molecule has 0 aromatic carbocycles. The fraction of sp³-hybridized carbons (Fsp3) is 0.800. The lowest BCUT2D eigenvalue weighted by molar-refractivity contribution is -0.120. The molecule has 0 bridgehead atoms. The van der Waals surface area contributed by atoms with E-state index in [-0.39, 0.29) is 11.9 Å². The number of nitrogens with one attached hydrogen (secondary N) is 1. The molecule has 78 valence electrons. The monoisotopic (exact) mass is 196 g/mol. The number of amidine groups is 1. The maximum atomic E-state index is 11.3. The summed E-state index contributed by atoms with van der Waals surface area (Å²) in [5.74, 6) is 1.46. The van der Waals surface area contributed by atoms with Crippen LogP contribution in [0.2, 0.25) is 0 Å². The highest BCUT2D eigenvalue weighted by Crippen LogP contribution is 2.18. The predicted octanol–water partition coefficient (Wildman–Crippen LogP) is 0.720. The highest BCUT2D eigenvalue weighted by atomic mass is 16.5. The van der Waals surface area contributed by atoms with E-state index in [0.29, 0.717) is 5.92 Å². The van der Waals surface area contributed by atoms with Crippen LogP contribution in [0, 0.1) is 5.92 Å². The fourth-order valence-electron chi connectivity index (χ4n) is 1.90. The number of aliphatic imine (C=N–C) groups is 1. The van der Waals surface area contributed by atoms with Crippen molar-refractivity contribution < 1.29 is 9.53 Å². The van der Waals surface area contributed by atoms with Gasteiger partial charge in [0, 0.05) is 19.6 Å². The van der Waals surface area contributed by atoms with Gasteiger partial charge in [-0.25, -0.2) is 0 Å². The van der Waals surface area contributed by atoms with E-state index in [2.05, 4.69) is 10.3 Å². The Bertz CT molecular complexity index is 257. The summed E-state index contributed by atoms with van der Waals surface area (Å²) >= 11 is 0. The third-order valence-electron chi connectivity index (χ3n) is 2.77. The first-order chi connectivity index (χ1) is 6.79. The molecule has 1 N–H and O–H groups in total. The van der Waals surface area contributed by atoms with Crippen molar-refractivity contribution in [3.63, 3.8) is 0 Å². The molecule has 0 aromatic rings. The molecule has 2 heterocycles. The molecule has 4 nitrogen and oxygen atoms in total. The molecule has 0 saturated carbocycles. The molecule has 0 spiro atoms. The van der Waals surface area contributed by atoms with Gasteiger partial charge in [0.25, 0.3) is 0 Å². The number of rotatable bonds is 3. The summed E-state index contributed by atoms with van der Waals surface area (Å²) in [6, 6.07) is -0.146. The Morgan fingerprint density at radius 2 is 2.50 bits per heavy atom. The molecule has 0 aliphatic carbocycles. The fourth-order valence-corrected chi connectivity index (χ4v) is 1.90. The largest absolute Gasteiger partial charge is 0.381 e. The molecule has 2 rings (SSSR count). The van der Waals surface area contributed by atoms with Crippen molar-refractivity contribution in [3.05, 3.63) is 0 Å². The van der Waals surface area contributed by atoms with E-state index >= 15 is 0 Å². The van der Waals surface area contributed by atoms with Gasteiger partial charge in [-0.2, -0.15) is 0 Å². The maximum absolute atomic E-state index is 11.3. The Kier molecular flexibility index (Phi) is 2.82. The molecule has 14 heavy (non-hydrogen) atoms. The summed E-state index contributed by atoms with van der Waals surface area (Å²) in [6.45, 7) is 3.64. The van der Waals surface area contributed by atoms with Gasteiger partial charge in [0.1, 0.15) is 11.9 Å². The van der Waals surface area contributed by atoms with E-state index in [9.17, 15) is 4.79 Å². The minimum absolute atomic E-state index is 0.0569. The molecule has 2 aliphatic rings. The number of nitrogens with zero attached hydrogens (tertiary/aromatic N) is 1. The highest BCUT2D eigenvalue weighted by molar-refractivity contribution is 6.05. The lowest BCUT2D eigenvalue weighted by Crippen LogP contribution is -2.29. The Labute approximate surface area is 83.7 Å². The van der Waals surface area contributed by atoms with Gasteiger partial charge in [0.15, 0.2) is 0 Å². The number of carbonyl (C=O) groups excluding carboxylic acids is 1. The standard InChI is InChI=1S/C10H16N2O2/c1-2-8-10(13)12-9(11-8)5-7-3-4-14-6-7/h7-8H,2-6H2,1H3,(H,11,12,13). The first kappa shape index (κ1) is 9.65. The minimum Gasteiger partial charge on any atom is -0.381 e. The van der Waals surface area contributed by atoms with Crippen LogP contribution in [0.25, 0.3) is 0 Å². The third-order valence-corrected chi connectivity index (χ3v) is 2.77. The van der Waals surface area contributed by atoms with Gasteiger partial charge in [-0.15, -0.1) is 0 Å². The average Bonchev–Trinajstić information content (AvgIpc) is 2.76. The van der Waals surface area contributed by atoms with Crippen LogP contribution in [0.3, 0.4) is 0 Å². The van der Waals surface area contributed by atoms with E-state index in [1.54, 1.807) is 0 Å². The van der Waals surface area contributed by atoms with Crippen molar-refractivity contribution in [2.75, 3.05) is 13.2 Å². The molecule has 0 aromatic heterocycles. The molecule has 2 atom stereocenters. The average molecular weight is 196 g/mol. The number of carbonyl (C=O) groups is 1. The van der Waals surface area contributed by atoms with Crippen LogP contribution in [0.1, 0.15) is 26.2 Å². The van der Waals surface area contributed by atoms with Gasteiger partial charge >= 0.3 is 0 Å². The first-order valence-corrected chi connectivity index (χ1v) is 5.25. The summed E-state index contributed by atoms with van der Waals surface area (Å²) in [4.78, 5) is 15.7. The molecule has 0 radical (unpaired) electrons. The summed E-state index contributed by atoms with van der Waals surface area (Å²) in [5.41, 5.74) is 0. The van der Waals surface area contributed by atoms with Crippen LogP contribution in [-0.2, 0) is 9.53 Å². The van der Waals surface area contributed by atoms with E-state index in [1.165, 1.54) is 0 Å². The second-order valence-corrected chi connectivity index (χ2v) is 3.92. The zero-order chi connectivity index (χ0) is 9.97. The van der Waals surface area contributed by atoms with Crippen molar-refractivity contribution in [1.82, 2.24) is 5.32 Å². The third kappa shape index (κ3) is 1.95. The maximum Gasteiger partial charge on any atom is 0.250 e. The smallest absolute Gasteiger partial charge is 0.250 e. The molecule has 2 aliphatic heterocycles. The van der Waals surface area contributed by atoms with Gasteiger partial charge in [0.05, 0.1) is 0 Å². The van der Waals surface area contributed by atoms with Gasteiger partial charge < -0.3 is 10.1 Å². The van der Waals surface area contributed by atoms with Gasteiger partial charge in [-0.3, -0.25) is 9.79 Å². The Balaban J connectivity index is 1.89. The molecule has 1 fully saturated rings. The topological polar surface area (TPSA) is 50.7 Å². The summed E-state index contributed by atoms with van der Waals surface area (Å²) in [7, 11) is 0. The number of ether oxygens (including phenoxy) is 1. The van der Waals surface area contributed by atoms with Crippen molar-refractivity contribution >= 4 is 11.7 Å². The number of hydrogen-bond acceptors (Lipinski definition) is 3. The van der Waals surface area contributed by atoms with Crippen molar-refractivity contribution in [2.24, 2.45) is 10.9 Å². The summed E-state index contributed by atoms with van der Waals surface area (Å²) < 4.78 is 5.28. The summed E-state index contributed by atoms with van der Waals surface area (Å²) in [5, 5.41) is 2.84. The quantitative estimate of drug-likeness (QED) is 0.723. The van der Waals surface area contributed by atoms with Crippen LogP contribution in [0.5, 0.6) is 0 Å². The Hall–Kier alpha value is -0.900. The van der Waals surface area contributed by atoms with Crippen LogP contribution in [-0.4, -0.2) is 31.0 Å². The molecule has 1 saturated heterocycles. The van der Waals surface area contributed by atoms with E-state index in [4.69, 9.17) is 4.74 Å². The highest BCUT2D eigenvalue weighted by Gasteiger charge is 2.27. The Morgan fingerprint density at radius 3 is 3.07 bits per heavy atom. The molecule has 4 heteroatoms. The van der Waals surface area contributed by atoms with Crippen molar-refractivity contribution in [3.8, 4) is 0 Å². The summed E-state index contributed by atoms with van der Waals surface area (Å²) in [6.07, 6.45) is 2.74. The van der Waals surface area contributed by atoms with Crippen LogP contribution in [0.4, 0.5) is 0 Å². The second kappa shape index (κ2) is 4.09. The second-order valence-electron chi connectivity index (χ2n) is 3.92. The van der Waals surface area contributed by atoms with Gasteiger partial charge in [-0.05, 0) is 18.8 Å². The van der Waals surface area contributed by atoms with Crippen molar-refractivity contribution in [2.45, 2.75) is 32.2 Å². The van der Waals surface area contributed by atoms with E-state index in [0.717, 1.165) is 38.3 Å². The zero-order valence-corrected chi connectivity index (χ0v) is 8.45. The number of hydrogen-bond donors (Lipinski definition) is 1. The van der Waals surface area contributed by atoms with Crippen LogP contribution in [0.15, 0.2) is 4.99 Å². The Morgan fingerprint density at radius 1 is 1.64 bits per heavy atom. The lowest BCUT2D eigenvalue weighted by atomic mass is 10.0. The van der Waals surface area contributed by atoms with Crippen molar-refractivity contribution in [1.29, 1.82) is 0 Å². The molecular weight excluding hydrogens is 180 g/mol.